The number of aromatic amines is 1. The third-order valence-electron chi connectivity index (χ3n) is 3.92. The van der Waals surface area contributed by atoms with E-state index in [-0.39, 0.29) is 11.2 Å². The zero-order chi connectivity index (χ0) is 16.2. The number of hydrogen-bond donors (Lipinski definition) is 1. The molecule has 0 aliphatic rings. The van der Waals surface area contributed by atoms with Gasteiger partial charge in [0, 0.05) is 19.3 Å². The molecule has 0 aliphatic carbocycles. The molecule has 0 spiro atoms. The minimum absolute atomic E-state index is 0.372. The van der Waals surface area contributed by atoms with Crippen molar-refractivity contribution < 1.29 is 0 Å². The number of unbranched alkanes of at least 4 members (excludes halogenated alkanes) is 1. The van der Waals surface area contributed by atoms with Gasteiger partial charge in [0.1, 0.15) is 5.39 Å². The lowest BCUT2D eigenvalue weighted by molar-refractivity contribution is 0.589. The lowest BCUT2D eigenvalue weighted by Crippen LogP contribution is -2.30. The lowest BCUT2D eigenvalue weighted by Gasteiger charge is -2.04. The van der Waals surface area contributed by atoms with Crippen LogP contribution >= 0.6 is 0 Å². The fourth-order valence-corrected chi connectivity index (χ4v) is 2.63. The van der Waals surface area contributed by atoms with Crippen molar-refractivity contribution in [2.45, 2.75) is 39.3 Å². The van der Waals surface area contributed by atoms with Crippen molar-refractivity contribution in [3.8, 4) is 0 Å². The van der Waals surface area contributed by atoms with Crippen molar-refractivity contribution in [3.05, 3.63) is 62.9 Å². The molecule has 0 radical (unpaired) electrons. The summed E-state index contributed by atoms with van der Waals surface area (Å²) in [6.07, 6.45) is 4.39. The van der Waals surface area contributed by atoms with Crippen molar-refractivity contribution in [2.24, 2.45) is 0 Å². The molecule has 3 rings (SSSR count). The van der Waals surface area contributed by atoms with Gasteiger partial charge in [0.05, 0.1) is 0 Å². The molecule has 0 bridgehead atoms. The van der Waals surface area contributed by atoms with Gasteiger partial charge in [0.2, 0.25) is 0 Å². The molecule has 0 saturated heterocycles. The molecule has 0 aliphatic heterocycles. The van der Waals surface area contributed by atoms with Crippen molar-refractivity contribution >= 4 is 11.0 Å². The molecule has 1 aromatic carbocycles. The molecular weight excluding hydrogens is 292 g/mol. The molecule has 0 fully saturated rings. The monoisotopic (exact) mass is 312 g/mol. The van der Waals surface area contributed by atoms with Crippen molar-refractivity contribution in [3.63, 3.8) is 0 Å². The summed E-state index contributed by atoms with van der Waals surface area (Å²) in [6, 6.07) is 10.1. The first-order chi connectivity index (χ1) is 11.2. The molecule has 0 atom stereocenters. The Kier molecular flexibility index (Phi) is 4.41. The Morgan fingerprint density at radius 1 is 1.13 bits per heavy atom. The van der Waals surface area contributed by atoms with Crippen LogP contribution in [0.25, 0.3) is 11.0 Å². The van der Waals surface area contributed by atoms with Gasteiger partial charge in [-0.2, -0.15) is 5.10 Å². The predicted octanol–water partition coefficient (Wildman–Crippen LogP) is 1.93. The zero-order valence-corrected chi connectivity index (χ0v) is 13.2. The van der Waals surface area contributed by atoms with E-state index < -0.39 is 0 Å². The maximum absolute atomic E-state index is 12.0. The quantitative estimate of drug-likeness (QED) is 0.756. The summed E-state index contributed by atoms with van der Waals surface area (Å²) in [5.74, 6) is 0. The van der Waals surface area contributed by atoms with Gasteiger partial charge in [-0.05, 0) is 18.4 Å². The Morgan fingerprint density at radius 2 is 1.91 bits per heavy atom. The molecule has 3 aromatic rings. The van der Waals surface area contributed by atoms with Crippen molar-refractivity contribution in [2.75, 3.05) is 0 Å². The highest BCUT2D eigenvalue weighted by Gasteiger charge is 2.11. The summed E-state index contributed by atoms with van der Waals surface area (Å²) in [6.45, 7) is 3.30. The molecule has 120 valence electrons. The van der Waals surface area contributed by atoms with Gasteiger partial charge in [-0.1, -0.05) is 43.7 Å². The summed E-state index contributed by atoms with van der Waals surface area (Å²) < 4.78 is 3.30. The van der Waals surface area contributed by atoms with Crippen LogP contribution in [0, 0.1) is 0 Å². The normalized spacial score (nSPS) is 11.2. The largest absolute Gasteiger partial charge is 0.330 e. The predicted molar refractivity (Wildman–Crippen MR) is 89.7 cm³/mol. The third kappa shape index (κ3) is 3.26. The van der Waals surface area contributed by atoms with E-state index in [1.807, 2.05) is 18.2 Å². The summed E-state index contributed by atoms with van der Waals surface area (Å²) in [4.78, 5) is 26.4. The van der Waals surface area contributed by atoms with Gasteiger partial charge < -0.3 is 0 Å². The molecular formula is C17H20N4O2. The van der Waals surface area contributed by atoms with Crippen LogP contribution in [-0.2, 0) is 19.5 Å². The van der Waals surface area contributed by atoms with Crippen LogP contribution in [0.15, 0.2) is 46.1 Å². The molecule has 0 unspecified atom stereocenters. The average molecular weight is 312 g/mol. The maximum atomic E-state index is 12.0. The maximum Gasteiger partial charge on any atom is 0.330 e. The standard InChI is InChI=1S/C17H20N4O2/c1-2-3-10-21-15-14(16(22)18-17(21)23)12-20(19-15)11-9-13-7-5-4-6-8-13/h4-8,12H,2-3,9-11H2,1H3,(H,18,22,23). The van der Waals surface area contributed by atoms with Crippen LogP contribution in [0.3, 0.4) is 0 Å². The first-order valence-corrected chi connectivity index (χ1v) is 7.93. The van der Waals surface area contributed by atoms with Gasteiger partial charge in [0.25, 0.3) is 5.56 Å². The van der Waals surface area contributed by atoms with E-state index in [0.29, 0.717) is 24.1 Å². The third-order valence-corrected chi connectivity index (χ3v) is 3.92. The molecule has 0 amide bonds. The van der Waals surface area contributed by atoms with E-state index in [1.54, 1.807) is 15.4 Å². The summed E-state index contributed by atoms with van der Waals surface area (Å²) >= 11 is 0. The number of aromatic nitrogens is 4. The number of hydrogen-bond acceptors (Lipinski definition) is 3. The van der Waals surface area contributed by atoms with Crippen LogP contribution in [0.4, 0.5) is 0 Å². The number of rotatable bonds is 6. The van der Waals surface area contributed by atoms with Gasteiger partial charge >= 0.3 is 5.69 Å². The van der Waals surface area contributed by atoms with Gasteiger partial charge in [-0.25, -0.2) is 4.79 Å². The topological polar surface area (TPSA) is 72.7 Å². The zero-order valence-electron chi connectivity index (χ0n) is 13.2. The van der Waals surface area contributed by atoms with Crippen LogP contribution in [0.5, 0.6) is 0 Å². The molecule has 6 nitrogen and oxygen atoms in total. The number of aryl methyl sites for hydroxylation is 3. The second-order valence-corrected chi connectivity index (χ2v) is 5.63. The molecule has 2 aromatic heterocycles. The second kappa shape index (κ2) is 6.64. The smallest absolute Gasteiger partial charge is 0.276 e. The van der Waals surface area contributed by atoms with Gasteiger partial charge in [0.15, 0.2) is 5.65 Å². The van der Waals surface area contributed by atoms with E-state index in [0.717, 1.165) is 19.3 Å². The number of nitrogens with one attached hydrogen (secondary N) is 1. The Bertz CT molecular complexity index is 906. The Morgan fingerprint density at radius 3 is 2.65 bits per heavy atom. The van der Waals surface area contributed by atoms with Crippen LogP contribution < -0.4 is 11.2 Å². The van der Waals surface area contributed by atoms with Crippen molar-refractivity contribution in [1.29, 1.82) is 0 Å². The highest BCUT2D eigenvalue weighted by atomic mass is 16.2. The highest BCUT2D eigenvalue weighted by molar-refractivity contribution is 5.72. The first kappa shape index (κ1) is 15.3. The second-order valence-electron chi connectivity index (χ2n) is 5.63. The van der Waals surface area contributed by atoms with Crippen LogP contribution in [-0.4, -0.2) is 19.3 Å². The van der Waals surface area contributed by atoms with E-state index in [9.17, 15) is 9.59 Å². The van der Waals surface area contributed by atoms with Crippen molar-refractivity contribution in [1.82, 2.24) is 19.3 Å². The summed E-state index contributed by atoms with van der Waals surface area (Å²) in [7, 11) is 0. The van der Waals surface area contributed by atoms with Crippen LogP contribution in [0.2, 0.25) is 0 Å². The SMILES string of the molecule is CCCCn1c(=O)[nH]c(=O)c2cn(CCc3ccccc3)nc21. The number of H-pyrrole nitrogens is 1. The minimum atomic E-state index is -0.385. The van der Waals surface area contributed by atoms with E-state index >= 15 is 0 Å². The van der Waals surface area contributed by atoms with Crippen LogP contribution in [0.1, 0.15) is 25.3 Å². The summed E-state index contributed by atoms with van der Waals surface area (Å²) in [5, 5.41) is 4.93. The Hall–Kier alpha value is -2.63. The number of fused-ring (bicyclic) bond motifs is 1. The first-order valence-electron chi connectivity index (χ1n) is 7.93. The fraction of sp³-hybridized carbons (Fsp3) is 0.353. The average Bonchev–Trinajstić information content (AvgIpc) is 2.98. The molecule has 23 heavy (non-hydrogen) atoms. The minimum Gasteiger partial charge on any atom is -0.276 e. The molecule has 6 heteroatoms. The molecule has 2 heterocycles. The van der Waals surface area contributed by atoms with E-state index in [2.05, 4.69) is 29.1 Å². The molecule has 1 N–H and O–H groups in total. The van der Waals surface area contributed by atoms with Gasteiger partial charge in [-0.15, -0.1) is 0 Å². The fourth-order valence-electron chi connectivity index (χ4n) is 2.63. The lowest BCUT2D eigenvalue weighted by atomic mass is 10.1. The summed E-state index contributed by atoms with van der Waals surface area (Å²) in [5.41, 5.74) is 0.928. The Balaban J connectivity index is 1.92. The number of benzene rings is 1. The Labute approximate surface area is 133 Å². The highest BCUT2D eigenvalue weighted by Crippen LogP contribution is 2.08. The number of nitrogens with zero attached hydrogens (tertiary/aromatic N) is 3. The van der Waals surface area contributed by atoms with E-state index in [1.165, 1.54) is 5.56 Å². The van der Waals surface area contributed by atoms with Gasteiger partial charge in [-0.3, -0.25) is 19.0 Å². The molecule has 0 saturated carbocycles. The van der Waals surface area contributed by atoms with E-state index in [4.69, 9.17) is 0 Å².